The summed E-state index contributed by atoms with van der Waals surface area (Å²) in [6.45, 7) is 3.04. The van der Waals surface area contributed by atoms with E-state index >= 15 is 0 Å². The van der Waals surface area contributed by atoms with Crippen LogP contribution in [0.5, 0.6) is 0 Å². The second-order valence-corrected chi connectivity index (χ2v) is 4.77. The summed E-state index contributed by atoms with van der Waals surface area (Å²) in [5, 5.41) is 5.79. The Bertz CT molecular complexity index is 757. The first-order valence-electron chi connectivity index (χ1n) is 7.45. The fourth-order valence-corrected chi connectivity index (χ4v) is 1.81. The Labute approximate surface area is 137 Å². The Morgan fingerprint density at radius 2 is 1.52 bits per heavy atom. The van der Waals surface area contributed by atoms with Crippen molar-refractivity contribution < 1.29 is 4.79 Å². The third kappa shape index (κ3) is 6.09. The van der Waals surface area contributed by atoms with E-state index in [0.29, 0.717) is 6.54 Å². The van der Waals surface area contributed by atoms with E-state index in [4.69, 9.17) is 0 Å². The predicted molar refractivity (Wildman–Crippen MR) is 93.8 cm³/mol. The van der Waals surface area contributed by atoms with Crippen LogP contribution in [-0.2, 0) is 4.79 Å². The minimum Gasteiger partial charge on any atom is -0.325 e. The molecule has 0 aromatic heterocycles. The summed E-state index contributed by atoms with van der Waals surface area (Å²) >= 11 is 0. The second kappa shape index (κ2) is 9.10. The molecule has 0 fully saturated rings. The number of carbonyl (C=O) groups excluding carboxylic acids is 1. The van der Waals surface area contributed by atoms with E-state index in [-0.39, 0.29) is 5.91 Å². The predicted octanol–water partition coefficient (Wildman–Crippen LogP) is 2.64. The third-order valence-corrected chi connectivity index (χ3v) is 2.95. The standard InChI is InChI=1S/C20H18N2O/c1-2-21-16-20(23)22-19-14-12-18(13-15-19)11-7-6-10-17-8-4-3-5-9-17/h3-5,8-9,12-15,21H,2,16H2,1H3,(H,22,23). The van der Waals surface area contributed by atoms with Crippen LogP contribution in [0.4, 0.5) is 5.69 Å². The number of amides is 1. The number of hydrogen-bond donors (Lipinski definition) is 2. The number of nitrogens with one attached hydrogen (secondary N) is 2. The lowest BCUT2D eigenvalue weighted by atomic mass is 10.2. The summed E-state index contributed by atoms with van der Waals surface area (Å²) in [6.07, 6.45) is 0. The van der Waals surface area contributed by atoms with Crippen LogP contribution in [0.2, 0.25) is 0 Å². The van der Waals surface area contributed by atoms with E-state index < -0.39 is 0 Å². The SMILES string of the molecule is CCNCC(=O)Nc1ccc(C#CC#Cc2ccccc2)cc1. The smallest absolute Gasteiger partial charge is 0.238 e. The van der Waals surface area contributed by atoms with E-state index in [2.05, 4.69) is 34.3 Å². The molecule has 0 saturated heterocycles. The van der Waals surface area contributed by atoms with Gasteiger partial charge in [-0.25, -0.2) is 0 Å². The summed E-state index contributed by atoms with van der Waals surface area (Å²) < 4.78 is 0. The summed E-state index contributed by atoms with van der Waals surface area (Å²) in [6, 6.07) is 17.1. The van der Waals surface area contributed by atoms with Crippen molar-refractivity contribution in [3.8, 4) is 23.7 Å². The first-order valence-corrected chi connectivity index (χ1v) is 7.45. The van der Waals surface area contributed by atoms with Gasteiger partial charge in [0.15, 0.2) is 0 Å². The van der Waals surface area contributed by atoms with Crippen molar-refractivity contribution in [2.45, 2.75) is 6.92 Å². The maximum Gasteiger partial charge on any atom is 0.238 e. The van der Waals surface area contributed by atoms with Gasteiger partial charge < -0.3 is 10.6 Å². The fourth-order valence-electron chi connectivity index (χ4n) is 1.81. The maximum atomic E-state index is 11.6. The topological polar surface area (TPSA) is 41.1 Å². The minimum atomic E-state index is -0.0561. The van der Waals surface area contributed by atoms with Crippen LogP contribution < -0.4 is 10.6 Å². The molecule has 3 nitrogen and oxygen atoms in total. The highest BCUT2D eigenvalue weighted by Gasteiger charge is 2.00. The molecule has 2 aromatic carbocycles. The number of hydrogen-bond acceptors (Lipinski definition) is 2. The van der Waals surface area contributed by atoms with E-state index in [1.54, 1.807) is 0 Å². The van der Waals surface area contributed by atoms with Crippen molar-refractivity contribution in [1.29, 1.82) is 0 Å². The molecule has 1 amide bonds. The van der Waals surface area contributed by atoms with Crippen molar-refractivity contribution in [2.24, 2.45) is 0 Å². The van der Waals surface area contributed by atoms with Crippen LogP contribution in [0.15, 0.2) is 54.6 Å². The van der Waals surface area contributed by atoms with Gasteiger partial charge in [0.05, 0.1) is 6.54 Å². The van der Waals surface area contributed by atoms with Crippen molar-refractivity contribution in [3.05, 3.63) is 65.7 Å². The first-order chi connectivity index (χ1) is 11.3. The monoisotopic (exact) mass is 302 g/mol. The molecule has 0 heterocycles. The normalized spacial score (nSPS) is 9.09. The summed E-state index contributed by atoms with van der Waals surface area (Å²) in [4.78, 5) is 11.6. The van der Waals surface area contributed by atoms with E-state index in [0.717, 1.165) is 23.4 Å². The van der Waals surface area contributed by atoms with Gasteiger partial charge in [-0.05, 0) is 54.8 Å². The average molecular weight is 302 g/mol. The zero-order chi connectivity index (χ0) is 16.3. The number of rotatable bonds is 4. The van der Waals surface area contributed by atoms with Crippen LogP contribution >= 0.6 is 0 Å². The Balaban J connectivity index is 1.92. The zero-order valence-corrected chi connectivity index (χ0v) is 13.0. The van der Waals surface area contributed by atoms with Crippen molar-refractivity contribution in [3.63, 3.8) is 0 Å². The van der Waals surface area contributed by atoms with Gasteiger partial charge >= 0.3 is 0 Å². The van der Waals surface area contributed by atoms with Gasteiger partial charge in [0, 0.05) is 16.8 Å². The van der Waals surface area contributed by atoms with Gasteiger partial charge in [0.2, 0.25) is 5.91 Å². The van der Waals surface area contributed by atoms with Crippen LogP contribution in [0.25, 0.3) is 0 Å². The van der Waals surface area contributed by atoms with Gasteiger partial charge in [0.1, 0.15) is 0 Å². The molecule has 3 heteroatoms. The van der Waals surface area contributed by atoms with Crippen molar-refractivity contribution in [1.82, 2.24) is 5.32 Å². The molecule has 2 aromatic rings. The highest BCUT2D eigenvalue weighted by molar-refractivity contribution is 5.92. The lowest BCUT2D eigenvalue weighted by Gasteiger charge is -2.05. The van der Waals surface area contributed by atoms with Crippen molar-refractivity contribution in [2.75, 3.05) is 18.4 Å². The second-order valence-electron chi connectivity index (χ2n) is 4.77. The highest BCUT2D eigenvalue weighted by atomic mass is 16.1. The quantitative estimate of drug-likeness (QED) is 0.853. The number of anilines is 1. The molecule has 0 aliphatic carbocycles. The molecule has 0 bridgehead atoms. The Morgan fingerprint density at radius 3 is 2.13 bits per heavy atom. The number of benzene rings is 2. The lowest BCUT2D eigenvalue weighted by molar-refractivity contribution is -0.115. The van der Waals surface area contributed by atoms with Gasteiger partial charge in [-0.3, -0.25) is 4.79 Å². The molecular formula is C20H18N2O. The molecule has 0 aliphatic rings. The molecule has 0 radical (unpaired) electrons. The molecule has 0 aliphatic heterocycles. The summed E-state index contributed by atoms with van der Waals surface area (Å²) in [7, 11) is 0. The molecular weight excluding hydrogens is 284 g/mol. The Kier molecular flexibility index (Phi) is 6.47. The summed E-state index contributed by atoms with van der Waals surface area (Å²) in [5.74, 6) is 11.6. The third-order valence-electron chi connectivity index (χ3n) is 2.95. The molecule has 0 spiro atoms. The molecule has 2 N–H and O–H groups in total. The molecule has 2 rings (SSSR count). The van der Waals surface area contributed by atoms with Gasteiger partial charge in [-0.2, -0.15) is 0 Å². The van der Waals surface area contributed by atoms with Crippen LogP contribution in [0, 0.1) is 23.7 Å². The molecule has 0 saturated carbocycles. The Morgan fingerprint density at radius 1 is 0.913 bits per heavy atom. The molecule has 0 atom stereocenters. The zero-order valence-electron chi connectivity index (χ0n) is 13.0. The Hall–Kier alpha value is -3.01. The van der Waals surface area contributed by atoms with Gasteiger partial charge in [0.25, 0.3) is 0 Å². The number of likely N-dealkylation sites (N-methyl/N-ethyl adjacent to an activating group) is 1. The fraction of sp³-hybridized carbons (Fsp3) is 0.150. The van der Waals surface area contributed by atoms with Gasteiger partial charge in [-0.1, -0.05) is 37.0 Å². The summed E-state index contributed by atoms with van der Waals surface area (Å²) in [5.41, 5.74) is 2.56. The highest BCUT2D eigenvalue weighted by Crippen LogP contribution is 2.08. The first kappa shape index (κ1) is 16.4. The minimum absolute atomic E-state index is 0.0561. The molecule has 114 valence electrons. The van der Waals surface area contributed by atoms with Crippen molar-refractivity contribution >= 4 is 11.6 Å². The van der Waals surface area contributed by atoms with Gasteiger partial charge in [-0.15, -0.1) is 0 Å². The van der Waals surface area contributed by atoms with Crippen LogP contribution in [-0.4, -0.2) is 19.0 Å². The van der Waals surface area contributed by atoms with E-state index in [1.807, 2.05) is 61.5 Å². The maximum absolute atomic E-state index is 11.6. The van der Waals surface area contributed by atoms with Crippen LogP contribution in [0.1, 0.15) is 18.1 Å². The van der Waals surface area contributed by atoms with E-state index in [1.165, 1.54) is 0 Å². The molecule has 23 heavy (non-hydrogen) atoms. The molecule has 0 unspecified atom stereocenters. The van der Waals surface area contributed by atoms with E-state index in [9.17, 15) is 4.79 Å². The number of carbonyl (C=O) groups is 1. The van der Waals surface area contributed by atoms with Crippen LogP contribution in [0.3, 0.4) is 0 Å². The lowest BCUT2D eigenvalue weighted by Crippen LogP contribution is -2.27. The average Bonchev–Trinajstić information content (AvgIpc) is 2.59. The largest absolute Gasteiger partial charge is 0.325 e.